The van der Waals surface area contributed by atoms with E-state index < -0.39 is 0 Å². The standard InChI is InChI=1S/C20H39N5OS/c1-3-8-24-9-5-18(6-10-24)23-19(21-4-2)22-16-20(7-15-27-17-20)25-11-13-26-14-12-25/h18H,3-17H2,1-2H3,(H2,21,22,23). The third-order valence-corrected chi connectivity index (χ3v) is 7.34. The largest absolute Gasteiger partial charge is 0.379 e. The number of nitrogens with one attached hydrogen (secondary N) is 2. The van der Waals surface area contributed by atoms with Gasteiger partial charge in [0.05, 0.1) is 25.3 Å². The molecule has 2 N–H and O–H groups in total. The number of guanidine groups is 1. The minimum absolute atomic E-state index is 0.224. The molecule has 0 aromatic rings. The average molecular weight is 398 g/mol. The van der Waals surface area contributed by atoms with Crippen LogP contribution in [-0.4, -0.2) is 97.9 Å². The number of rotatable bonds is 7. The van der Waals surface area contributed by atoms with Crippen LogP contribution in [0.1, 0.15) is 39.5 Å². The third-order valence-electron chi connectivity index (χ3n) is 6.11. The molecular formula is C20H39N5OS. The lowest BCUT2D eigenvalue weighted by molar-refractivity contribution is -0.0104. The van der Waals surface area contributed by atoms with Gasteiger partial charge < -0.3 is 20.3 Å². The zero-order valence-electron chi connectivity index (χ0n) is 17.3. The Bertz CT molecular complexity index is 455. The summed E-state index contributed by atoms with van der Waals surface area (Å²) in [6, 6.07) is 0.549. The second-order valence-corrected chi connectivity index (χ2v) is 9.19. The highest BCUT2D eigenvalue weighted by Crippen LogP contribution is 2.34. The van der Waals surface area contributed by atoms with Gasteiger partial charge in [-0.1, -0.05) is 6.92 Å². The van der Waals surface area contributed by atoms with Crippen LogP contribution in [0.5, 0.6) is 0 Å². The van der Waals surface area contributed by atoms with Crippen LogP contribution in [0.3, 0.4) is 0 Å². The number of piperidine rings is 1. The molecule has 3 aliphatic heterocycles. The van der Waals surface area contributed by atoms with Gasteiger partial charge in [0.1, 0.15) is 0 Å². The first-order valence-electron chi connectivity index (χ1n) is 10.9. The summed E-state index contributed by atoms with van der Waals surface area (Å²) >= 11 is 2.08. The molecule has 0 bridgehead atoms. The van der Waals surface area contributed by atoms with E-state index in [1.165, 1.54) is 56.8 Å². The second kappa shape index (κ2) is 10.9. The number of hydrogen-bond donors (Lipinski definition) is 2. The lowest BCUT2D eigenvalue weighted by Gasteiger charge is -2.42. The predicted molar refractivity (Wildman–Crippen MR) is 116 cm³/mol. The van der Waals surface area contributed by atoms with Gasteiger partial charge in [-0.05, 0) is 44.9 Å². The Morgan fingerprint density at radius 2 is 1.96 bits per heavy atom. The Morgan fingerprint density at radius 3 is 2.59 bits per heavy atom. The van der Waals surface area contributed by atoms with E-state index in [0.717, 1.165) is 45.4 Å². The molecule has 3 heterocycles. The third kappa shape index (κ3) is 5.99. The van der Waals surface area contributed by atoms with Crippen LogP contribution in [0, 0.1) is 0 Å². The summed E-state index contributed by atoms with van der Waals surface area (Å²) in [6.45, 7) is 13.7. The number of thioether (sulfide) groups is 1. The van der Waals surface area contributed by atoms with Crippen LogP contribution in [0.2, 0.25) is 0 Å². The lowest BCUT2D eigenvalue weighted by Crippen LogP contribution is -2.56. The topological polar surface area (TPSA) is 52.1 Å². The molecule has 1 unspecified atom stereocenters. The van der Waals surface area contributed by atoms with E-state index >= 15 is 0 Å². The summed E-state index contributed by atoms with van der Waals surface area (Å²) in [5.41, 5.74) is 0.224. The molecule has 156 valence electrons. The molecule has 0 aromatic carbocycles. The number of morpholine rings is 1. The first-order chi connectivity index (χ1) is 13.3. The van der Waals surface area contributed by atoms with Gasteiger partial charge in [0.2, 0.25) is 0 Å². The fourth-order valence-electron chi connectivity index (χ4n) is 4.46. The van der Waals surface area contributed by atoms with Crippen LogP contribution in [0.4, 0.5) is 0 Å². The number of ether oxygens (including phenoxy) is 1. The van der Waals surface area contributed by atoms with Crippen molar-refractivity contribution in [3.05, 3.63) is 0 Å². The smallest absolute Gasteiger partial charge is 0.191 e. The maximum atomic E-state index is 5.58. The maximum absolute atomic E-state index is 5.58. The molecule has 0 amide bonds. The Hall–Kier alpha value is -0.500. The van der Waals surface area contributed by atoms with Crippen molar-refractivity contribution >= 4 is 17.7 Å². The summed E-state index contributed by atoms with van der Waals surface area (Å²) < 4.78 is 5.58. The number of aliphatic imine (C=N–C) groups is 1. The molecule has 3 saturated heterocycles. The number of likely N-dealkylation sites (tertiary alicyclic amines) is 1. The van der Waals surface area contributed by atoms with Crippen LogP contribution < -0.4 is 10.6 Å². The van der Waals surface area contributed by atoms with Gasteiger partial charge in [-0.3, -0.25) is 9.89 Å². The van der Waals surface area contributed by atoms with Crippen molar-refractivity contribution in [3.8, 4) is 0 Å². The van der Waals surface area contributed by atoms with Crippen molar-refractivity contribution in [3.63, 3.8) is 0 Å². The molecule has 6 nitrogen and oxygen atoms in total. The van der Waals surface area contributed by atoms with Gasteiger partial charge >= 0.3 is 0 Å². The van der Waals surface area contributed by atoms with E-state index in [2.05, 4.69) is 46.0 Å². The molecule has 3 fully saturated rings. The summed E-state index contributed by atoms with van der Waals surface area (Å²) in [7, 11) is 0. The summed E-state index contributed by atoms with van der Waals surface area (Å²) in [5, 5.41) is 7.21. The van der Waals surface area contributed by atoms with Crippen LogP contribution in [0.15, 0.2) is 4.99 Å². The van der Waals surface area contributed by atoms with Gasteiger partial charge in [0.15, 0.2) is 5.96 Å². The minimum Gasteiger partial charge on any atom is -0.379 e. The number of nitrogens with zero attached hydrogens (tertiary/aromatic N) is 3. The van der Waals surface area contributed by atoms with Crippen molar-refractivity contribution in [1.29, 1.82) is 0 Å². The normalized spacial score (nSPS) is 29.2. The van der Waals surface area contributed by atoms with Crippen LogP contribution in [0.25, 0.3) is 0 Å². The van der Waals surface area contributed by atoms with Crippen molar-refractivity contribution in [2.24, 2.45) is 4.99 Å². The second-order valence-electron chi connectivity index (χ2n) is 8.08. The first-order valence-corrected chi connectivity index (χ1v) is 12.1. The molecule has 0 radical (unpaired) electrons. The lowest BCUT2D eigenvalue weighted by atomic mass is 9.96. The predicted octanol–water partition coefficient (Wildman–Crippen LogP) is 1.62. The summed E-state index contributed by atoms with van der Waals surface area (Å²) in [6.07, 6.45) is 4.93. The molecule has 27 heavy (non-hydrogen) atoms. The number of hydrogen-bond acceptors (Lipinski definition) is 5. The van der Waals surface area contributed by atoms with Crippen LogP contribution >= 0.6 is 11.8 Å². The monoisotopic (exact) mass is 397 g/mol. The Balaban J connectivity index is 1.57. The molecule has 0 spiro atoms. The van der Waals surface area contributed by atoms with E-state index in [9.17, 15) is 0 Å². The molecule has 0 aromatic heterocycles. The SMILES string of the molecule is CCCN1CCC(NC(=NCC2(N3CCOCC3)CCSC2)NCC)CC1. The van der Waals surface area contributed by atoms with E-state index in [1.807, 2.05) is 0 Å². The molecule has 0 aliphatic carbocycles. The highest BCUT2D eigenvalue weighted by molar-refractivity contribution is 7.99. The summed E-state index contributed by atoms with van der Waals surface area (Å²) in [5.74, 6) is 3.47. The van der Waals surface area contributed by atoms with Gasteiger partial charge in [-0.25, -0.2) is 0 Å². The Labute approximate surface area is 169 Å². The summed E-state index contributed by atoms with van der Waals surface area (Å²) in [4.78, 5) is 10.3. The van der Waals surface area contributed by atoms with Gasteiger partial charge in [0.25, 0.3) is 0 Å². The van der Waals surface area contributed by atoms with Crippen molar-refractivity contribution in [2.45, 2.75) is 51.1 Å². The minimum atomic E-state index is 0.224. The fourth-order valence-corrected chi connectivity index (χ4v) is 5.93. The Kier molecular flexibility index (Phi) is 8.55. The average Bonchev–Trinajstić information content (AvgIpc) is 3.19. The Morgan fingerprint density at radius 1 is 1.19 bits per heavy atom. The quantitative estimate of drug-likeness (QED) is 0.503. The van der Waals surface area contributed by atoms with Gasteiger partial charge in [0, 0.05) is 44.5 Å². The maximum Gasteiger partial charge on any atom is 0.191 e. The molecule has 7 heteroatoms. The molecular weight excluding hydrogens is 358 g/mol. The zero-order valence-corrected chi connectivity index (χ0v) is 18.2. The van der Waals surface area contributed by atoms with Crippen molar-refractivity contribution < 1.29 is 4.74 Å². The molecule has 3 aliphatic rings. The van der Waals surface area contributed by atoms with E-state index in [-0.39, 0.29) is 5.54 Å². The molecule has 1 atom stereocenters. The zero-order chi connectivity index (χ0) is 19.0. The van der Waals surface area contributed by atoms with E-state index in [4.69, 9.17) is 9.73 Å². The molecule has 0 saturated carbocycles. The van der Waals surface area contributed by atoms with E-state index in [1.54, 1.807) is 0 Å². The van der Waals surface area contributed by atoms with E-state index in [0.29, 0.717) is 6.04 Å². The van der Waals surface area contributed by atoms with Gasteiger partial charge in [-0.2, -0.15) is 11.8 Å². The fraction of sp³-hybridized carbons (Fsp3) is 0.950. The highest BCUT2D eigenvalue weighted by atomic mass is 32.2. The van der Waals surface area contributed by atoms with Crippen LogP contribution in [-0.2, 0) is 4.74 Å². The van der Waals surface area contributed by atoms with Crippen molar-refractivity contribution in [1.82, 2.24) is 20.4 Å². The van der Waals surface area contributed by atoms with Gasteiger partial charge in [-0.15, -0.1) is 0 Å². The molecule has 3 rings (SSSR count). The van der Waals surface area contributed by atoms with Crippen molar-refractivity contribution in [2.75, 3.05) is 70.5 Å². The highest BCUT2D eigenvalue weighted by Gasteiger charge is 2.40. The first kappa shape index (κ1) is 21.2.